The van der Waals surface area contributed by atoms with Crippen LogP contribution < -0.4 is 4.90 Å². The lowest BCUT2D eigenvalue weighted by Crippen LogP contribution is -2.64. The van der Waals surface area contributed by atoms with Gasteiger partial charge in [-0.1, -0.05) is 20.8 Å². The van der Waals surface area contributed by atoms with Crippen LogP contribution in [0.15, 0.2) is 18.3 Å². The maximum Gasteiger partial charge on any atom is 0.228 e. The first-order valence-electron chi connectivity index (χ1n) is 10.9. The fourth-order valence-corrected chi connectivity index (χ4v) is 4.59. The fraction of sp³-hybridized carbons (Fsp3) is 0.727. The number of carbonyl (C=O) groups is 1. The highest BCUT2D eigenvalue weighted by Gasteiger charge is 2.42. The molecule has 7 heteroatoms. The van der Waals surface area contributed by atoms with Gasteiger partial charge in [0.2, 0.25) is 5.91 Å². The van der Waals surface area contributed by atoms with Crippen LogP contribution in [0, 0.1) is 11.7 Å². The number of anilines is 1. The van der Waals surface area contributed by atoms with E-state index < -0.39 is 5.82 Å². The van der Waals surface area contributed by atoms with Crippen LogP contribution in [0.2, 0.25) is 0 Å². The molecule has 0 bridgehead atoms. The van der Waals surface area contributed by atoms with Crippen LogP contribution in [-0.2, 0) is 9.53 Å². The van der Waals surface area contributed by atoms with Gasteiger partial charge in [-0.25, -0.2) is 9.37 Å². The summed E-state index contributed by atoms with van der Waals surface area (Å²) in [4.78, 5) is 23.6. The Balaban J connectivity index is 1.82. The monoisotopic (exact) mass is 406 g/mol. The molecule has 6 nitrogen and oxygen atoms in total. The Morgan fingerprint density at radius 2 is 1.97 bits per heavy atom. The number of hydrogen-bond acceptors (Lipinski definition) is 5. The maximum absolute atomic E-state index is 14.5. The fourth-order valence-electron chi connectivity index (χ4n) is 4.59. The Morgan fingerprint density at radius 1 is 1.28 bits per heavy atom. The average molecular weight is 407 g/mol. The normalized spacial score (nSPS) is 20.7. The van der Waals surface area contributed by atoms with Crippen molar-refractivity contribution in [3.63, 3.8) is 0 Å². The van der Waals surface area contributed by atoms with Gasteiger partial charge in [0.15, 0.2) is 11.6 Å². The SMILES string of the molecule is CCC(=O)N(CC1(N2CCN(CC(C)C)CC2)CCOCC1)c1ncccc1F. The second-order valence-corrected chi connectivity index (χ2v) is 8.66. The van der Waals surface area contributed by atoms with Crippen molar-refractivity contribution in [3.05, 3.63) is 24.1 Å². The van der Waals surface area contributed by atoms with E-state index in [2.05, 4.69) is 28.6 Å². The van der Waals surface area contributed by atoms with Gasteiger partial charge in [0.05, 0.1) is 0 Å². The Morgan fingerprint density at radius 3 is 2.55 bits per heavy atom. The van der Waals surface area contributed by atoms with Crippen molar-refractivity contribution >= 4 is 11.7 Å². The third-order valence-corrected chi connectivity index (χ3v) is 6.14. The van der Waals surface area contributed by atoms with E-state index in [1.54, 1.807) is 17.2 Å². The topological polar surface area (TPSA) is 48.9 Å². The van der Waals surface area contributed by atoms with Crippen LogP contribution in [0.3, 0.4) is 0 Å². The van der Waals surface area contributed by atoms with Crippen molar-refractivity contribution in [2.75, 3.05) is 57.4 Å². The summed E-state index contributed by atoms with van der Waals surface area (Å²) in [5.41, 5.74) is -0.197. The average Bonchev–Trinajstić information content (AvgIpc) is 2.73. The van der Waals surface area contributed by atoms with Crippen molar-refractivity contribution < 1.29 is 13.9 Å². The number of nitrogens with zero attached hydrogens (tertiary/aromatic N) is 4. The quantitative estimate of drug-likeness (QED) is 0.697. The summed E-state index contributed by atoms with van der Waals surface area (Å²) >= 11 is 0. The van der Waals surface area contributed by atoms with Crippen molar-refractivity contribution in [2.45, 2.75) is 45.6 Å². The zero-order chi connectivity index (χ0) is 20.9. The summed E-state index contributed by atoms with van der Waals surface area (Å²) in [6.07, 6.45) is 3.57. The standard InChI is InChI=1S/C22H35FN4O2/c1-4-20(28)27(21-19(23)6-5-9-24-21)17-22(7-14-29-15-8-22)26-12-10-25(11-13-26)16-18(2)3/h5-6,9,18H,4,7-8,10-17H2,1-3H3. The summed E-state index contributed by atoms with van der Waals surface area (Å²) in [6, 6.07) is 2.94. The first kappa shape index (κ1) is 22.1. The predicted molar refractivity (Wildman–Crippen MR) is 112 cm³/mol. The number of ether oxygens (including phenoxy) is 1. The molecule has 2 saturated heterocycles. The van der Waals surface area contributed by atoms with Crippen LogP contribution >= 0.6 is 0 Å². The number of carbonyl (C=O) groups excluding carboxylic acids is 1. The van der Waals surface area contributed by atoms with Gasteiger partial charge >= 0.3 is 0 Å². The number of amides is 1. The van der Waals surface area contributed by atoms with Gasteiger partial charge in [-0.3, -0.25) is 14.6 Å². The van der Waals surface area contributed by atoms with Crippen molar-refractivity contribution in [1.82, 2.24) is 14.8 Å². The summed E-state index contributed by atoms with van der Waals surface area (Å²) in [7, 11) is 0. The molecule has 0 N–H and O–H groups in total. The van der Waals surface area contributed by atoms with E-state index in [0.717, 1.165) is 45.6 Å². The second-order valence-electron chi connectivity index (χ2n) is 8.66. The summed E-state index contributed by atoms with van der Waals surface area (Å²) in [5.74, 6) is 0.261. The van der Waals surface area contributed by atoms with E-state index in [1.807, 2.05) is 6.92 Å². The molecule has 0 spiro atoms. The number of piperazine rings is 1. The zero-order valence-electron chi connectivity index (χ0n) is 18.1. The first-order chi connectivity index (χ1) is 13.9. The largest absolute Gasteiger partial charge is 0.381 e. The number of aromatic nitrogens is 1. The maximum atomic E-state index is 14.5. The molecule has 1 amide bonds. The highest BCUT2D eigenvalue weighted by molar-refractivity contribution is 5.92. The molecule has 29 heavy (non-hydrogen) atoms. The van der Waals surface area contributed by atoms with Gasteiger partial charge < -0.3 is 9.64 Å². The minimum absolute atomic E-state index is 0.0908. The molecule has 0 aliphatic carbocycles. The Bertz CT molecular complexity index is 671. The molecule has 1 aromatic heterocycles. The third kappa shape index (κ3) is 5.32. The van der Waals surface area contributed by atoms with Gasteiger partial charge in [-0.05, 0) is 30.9 Å². The molecular formula is C22H35FN4O2. The zero-order valence-corrected chi connectivity index (χ0v) is 18.1. The molecule has 2 aliphatic heterocycles. The molecule has 3 heterocycles. The highest BCUT2D eigenvalue weighted by atomic mass is 19.1. The molecule has 0 atom stereocenters. The van der Waals surface area contributed by atoms with Crippen molar-refractivity contribution in [2.24, 2.45) is 5.92 Å². The van der Waals surface area contributed by atoms with E-state index in [-0.39, 0.29) is 17.3 Å². The summed E-state index contributed by atoms with van der Waals surface area (Å²) in [6.45, 7) is 13.2. The third-order valence-electron chi connectivity index (χ3n) is 6.14. The van der Waals surface area contributed by atoms with Crippen LogP contribution in [0.4, 0.5) is 10.2 Å². The van der Waals surface area contributed by atoms with Gasteiger partial charge in [0.1, 0.15) is 0 Å². The van der Waals surface area contributed by atoms with E-state index in [9.17, 15) is 9.18 Å². The molecule has 3 rings (SSSR count). The molecule has 0 unspecified atom stereocenters. The molecule has 0 aromatic carbocycles. The Labute approximate surface area is 174 Å². The lowest BCUT2D eigenvalue weighted by Gasteiger charge is -2.51. The van der Waals surface area contributed by atoms with Crippen molar-refractivity contribution in [3.8, 4) is 0 Å². The number of pyridine rings is 1. The van der Waals surface area contributed by atoms with Crippen LogP contribution in [0.25, 0.3) is 0 Å². The number of hydrogen-bond donors (Lipinski definition) is 0. The summed E-state index contributed by atoms with van der Waals surface area (Å²) in [5, 5.41) is 0. The second kappa shape index (κ2) is 9.96. The van der Waals surface area contributed by atoms with E-state index >= 15 is 0 Å². The van der Waals surface area contributed by atoms with Crippen LogP contribution in [0.1, 0.15) is 40.0 Å². The molecule has 162 valence electrons. The van der Waals surface area contributed by atoms with Gasteiger partial charge in [-0.2, -0.15) is 0 Å². The van der Waals surface area contributed by atoms with Crippen LogP contribution in [0.5, 0.6) is 0 Å². The molecule has 2 aliphatic rings. The molecule has 0 radical (unpaired) electrons. The smallest absolute Gasteiger partial charge is 0.228 e. The minimum atomic E-state index is -0.446. The minimum Gasteiger partial charge on any atom is -0.381 e. The first-order valence-corrected chi connectivity index (χ1v) is 10.9. The Hall–Kier alpha value is -1.57. The van der Waals surface area contributed by atoms with E-state index in [4.69, 9.17) is 4.74 Å². The van der Waals surface area contributed by atoms with Gasteiger partial charge in [0.25, 0.3) is 0 Å². The summed E-state index contributed by atoms with van der Waals surface area (Å²) < 4.78 is 20.2. The number of halogens is 1. The molecule has 2 fully saturated rings. The van der Waals surface area contributed by atoms with Crippen molar-refractivity contribution in [1.29, 1.82) is 0 Å². The van der Waals surface area contributed by atoms with Crippen LogP contribution in [-0.4, -0.2) is 78.7 Å². The van der Waals surface area contributed by atoms with E-state index in [0.29, 0.717) is 32.1 Å². The molecule has 0 saturated carbocycles. The van der Waals surface area contributed by atoms with Gasteiger partial charge in [0, 0.05) is 70.6 Å². The number of rotatable bonds is 7. The molecule has 1 aromatic rings. The lowest BCUT2D eigenvalue weighted by atomic mass is 9.86. The Kier molecular flexibility index (Phi) is 7.60. The predicted octanol–water partition coefficient (Wildman–Crippen LogP) is 2.79. The highest BCUT2D eigenvalue weighted by Crippen LogP contribution is 2.32. The lowest BCUT2D eigenvalue weighted by molar-refractivity contribution is -0.119. The van der Waals surface area contributed by atoms with E-state index in [1.165, 1.54) is 6.07 Å². The van der Waals surface area contributed by atoms with Gasteiger partial charge in [-0.15, -0.1) is 0 Å². The molecular weight excluding hydrogens is 371 g/mol.